The minimum absolute atomic E-state index is 0.0168. The Kier molecular flexibility index (Phi) is 5.26. The molecule has 96 valence electrons. The van der Waals surface area contributed by atoms with Gasteiger partial charge < -0.3 is 9.47 Å². The van der Waals surface area contributed by atoms with Crippen LogP contribution in [0, 0.1) is 11.8 Å². The van der Waals surface area contributed by atoms with E-state index >= 15 is 0 Å². The molecule has 0 saturated carbocycles. The van der Waals surface area contributed by atoms with Gasteiger partial charge in [0, 0.05) is 6.42 Å². The van der Waals surface area contributed by atoms with E-state index in [0.717, 1.165) is 32.0 Å². The van der Waals surface area contributed by atoms with Crippen LogP contribution in [0.1, 0.15) is 53.9 Å². The van der Waals surface area contributed by atoms with Crippen LogP contribution in [0.25, 0.3) is 0 Å². The summed E-state index contributed by atoms with van der Waals surface area (Å²) in [7, 11) is 0. The predicted octanol–water partition coefficient (Wildman–Crippen LogP) is 3.64. The van der Waals surface area contributed by atoms with Crippen LogP contribution in [-0.4, -0.2) is 24.9 Å². The highest BCUT2D eigenvalue weighted by molar-refractivity contribution is 4.83. The standard InChI is InChI=1S/C14H28O2/c1-6-11(3)12(4)9-16-14(5,7-2)8-13-10-15-13/h11-13H,6-10H2,1-5H3. The lowest BCUT2D eigenvalue weighted by Crippen LogP contribution is -2.32. The Labute approximate surface area is 101 Å². The molecule has 0 N–H and O–H groups in total. The van der Waals surface area contributed by atoms with Gasteiger partial charge in [-0.15, -0.1) is 0 Å². The van der Waals surface area contributed by atoms with Gasteiger partial charge in [0.1, 0.15) is 0 Å². The van der Waals surface area contributed by atoms with Crippen LogP contribution in [0.15, 0.2) is 0 Å². The maximum absolute atomic E-state index is 6.13. The van der Waals surface area contributed by atoms with Crippen molar-refractivity contribution in [1.82, 2.24) is 0 Å². The summed E-state index contributed by atoms with van der Waals surface area (Å²) in [5, 5.41) is 0. The van der Waals surface area contributed by atoms with Crippen LogP contribution < -0.4 is 0 Å². The van der Waals surface area contributed by atoms with Gasteiger partial charge in [-0.05, 0) is 25.2 Å². The normalized spacial score (nSPS) is 27.2. The predicted molar refractivity (Wildman–Crippen MR) is 67.6 cm³/mol. The first kappa shape index (κ1) is 14.0. The number of rotatable bonds is 8. The fourth-order valence-electron chi connectivity index (χ4n) is 1.87. The molecule has 0 spiro atoms. The first-order chi connectivity index (χ1) is 7.50. The lowest BCUT2D eigenvalue weighted by atomic mass is 9.93. The van der Waals surface area contributed by atoms with Gasteiger partial charge in [0.2, 0.25) is 0 Å². The van der Waals surface area contributed by atoms with Gasteiger partial charge in [-0.25, -0.2) is 0 Å². The molecule has 1 rings (SSSR count). The van der Waals surface area contributed by atoms with Crippen molar-refractivity contribution in [3.05, 3.63) is 0 Å². The molecular formula is C14H28O2. The monoisotopic (exact) mass is 228 g/mol. The molecule has 1 aliphatic rings. The van der Waals surface area contributed by atoms with E-state index in [1.165, 1.54) is 6.42 Å². The van der Waals surface area contributed by atoms with Crippen LogP contribution in [0.2, 0.25) is 0 Å². The molecule has 16 heavy (non-hydrogen) atoms. The van der Waals surface area contributed by atoms with Gasteiger partial charge in [-0.2, -0.15) is 0 Å². The zero-order chi connectivity index (χ0) is 12.2. The van der Waals surface area contributed by atoms with E-state index < -0.39 is 0 Å². The lowest BCUT2D eigenvalue weighted by molar-refractivity contribution is -0.0638. The average Bonchev–Trinajstić information content (AvgIpc) is 3.08. The summed E-state index contributed by atoms with van der Waals surface area (Å²) >= 11 is 0. The fourth-order valence-corrected chi connectivity index (χ4v) is 1.87. The summed E-state index contributed by atoms with van der Waals surface area (Å²) in [6.07, 6.45) is 3.82. The molecule has 1 fully saturated rings. The second kappa shape index (κ2) is 6.02. The summed E-state index contributed by atoms with van der Waals surface area (Å²) < 4.78 is 11.4. The third-order valence-corrected chi connectivity index (χ3v) is 4.12. The topological polar surface area (TPSA) is 21.8 Å². The summed E-state index contributed by atoms with van der Waals surface area (Å²) in [5.41, 5.74) is 0.0168. The Hall–Kier alpha value is -0.0800. The summed E-state index contributed by atoms with van der Waals surface area (Å²) in [6, 6.07) is 0. The number of hydrogen-bond acceptors (Lipinski definition) is 2. The molecule has 4 unspecified atom stereocenters. The summed E-state index contributed by atoms with van der Waals surface area (Å²) in [5.74, 6) is 1.40. The summed E-state index contributed by atoms with van der Waals surface area (Å²) in [4.78, 5) is 0. The Morgan fingerprint density at radius 1 is 1.31 bits per heavy atom. The molecule has 0 aromatic carbocycles. The van der Waals surface area contributed by atoms with E-state index in [1.54, 1.807) is 0 Å². The second-order valence-electron chi connectivity index (χ2n) is 5.64. The average molecular weight is 228 g/mol. The van der Waals surface area contributed by atoms with Crippen molar-refractivity contribution in [1.29, 1.82) is 0 Å². The van der Waals surface area contributed by atoms with E-state index in [0.29, 0.717) is 12.0 Å². The molecule has 2 nitrogen and oxygen atoms in total. The maximum atomic E-state index is 6.13. The van der Waals surface area contributed by atoms with Crippen molar-refractivity contribution in [2.45, 2.75) is 65.6 Å². The minimum atomic E-state index is 0.0168. The number of epoxide rings is 1. The maximum Gasteiger partial charge on any atom is 0.0837 e. The van der Waals surface area contributed by atoms with E-state index in [1.807, 2.05) is 0 Å². The van der Waals surface area contributed by atoms with Crippen LogP contribution in [0.5, 0.6) is 0 Å². The van der Waals surface area contributed by atoms with Crippen molar-refractivity contribution < 1.29 is 9.47 Å². The van der Waals surface area contributed by atoms with Gasteiger partial charge in [0.25, 0.3) is 0 Å². The largest absolute Gasteiger partial charge is 0.375 e. The molecular weight excluding hydrogens is 200 g/mol. The number of hydrogen-bond donors (Lipinski definition) is 0. The highest BCUT2D eigenvalue weighted by atomic mass is 16.6. The molecule has 0 amide bonds. The quantitative estimate of drug-likeness (QED) is 0.592. The Balaban J connectivity index is 2.31. The van der Waals surface area contributed by atoms with E-state index in [-0.39, 0.29) is 5.60 Å². The molecule has 1 heterocycles. The molecule has 0 aliphatic carbocycles. The van der Waals surface area contributed by atoms with Crippen molar-refractivity contribution in [3.63, 3.8) is 0 Å². The van der Waals surface area contributed by atoms with Crippen molar-refractivity contribution >= 4 is 0 Å². The highest BCUT2D eigenvalue weighted by Gasteiger charge is 2.34. The smallest absolute Gasteiger partial charge is 0.0837 e. The van der Waals surface area contributed by atoms with E-state index in [2.05, 4.69) is 34.6 Å². The first-order valence-corrected chi connectivity index (χ1v) is 6.76. The Morgan fingerprint density at radius 3 is 2.38 bits per heavy atom. The highest BCUT2D eigenvalue weighted by Crippen LogP contribution is 2.29. The SMILES string of the molecule is CCC(C)C(C)COC(C)(CC)CC1CO1. The minimum Gasteiger partial charge on any atom is -0.375 e. The van der Waals surface area contributed by atoms with Crippen molar-refractivity contribution in [2.24, 2.45) is 11.8 Å². The van der Waals surface area contributed by atoms with Crippen LogP contribution in [0.3, 0.4) is 0 Å². The zero-order valence-corrected chi connectivity index (χ0v) is 11.6. The Bertz CT molecular complexity index is 201. The first-order valence-electron chi connectivity index (χ1n) is 6.76. The molecule has 0 aromatic rings. The molecule has 0 radical (unpaired) electrons. The van der Waals surface area contributed by atoms with Crippen LogP contribution in [-0.2, 0) is 9.47 Å². The third-order valence-electron chi connectivity index (χ3n) is 4.12. The van der Waals surface area contributed by atoms with Crippen LogP contribution in [0.4, 0.5) is 0 Å². The van der Waals surface area contributed by atoms with E-state index in [9.17, 15) is 0 Å². The molecule has 1 saturated heterocycles. The fraction of sp³-hybridized carbons (Fsp3) is 1.00. The molecule has 1 aliphatic heterocycles. The lowest BCUT2D eigenvalue weighted by Gasteiger charge is -2.31. The number of ether oxygens (including phenoxy) is 2. The Morgan fingerprint density at radius 2 is 1.94 bits per heavy atom. The van der Waals surface area contributed by atoms with Gasteiger partial charge in [-0.1, -0.05) is 34.1 Å². The van der Waals surface area contributed by atoms with Gasteiger partial charge in [-0.3, -0.25) is 0 Å². The van der Waals surface area contributed by atoms with Crippen molar-refractivity contribution in [2.75, 3.05) is 13.2 Å². The van der Waals surface area contributed by atoms with Gasteiger partial charge in [0.15, 0.2) is 0 Å². The molecule has 4 atom stereocenters. The van der Waals surface area contributed by atoms with Gasteiger partial charge >= 0.3 is 0 Å². The second-order valence-corrected chi connectivity index (χ2v) is 5.64. The molecule has 0 aromatic heterocycles. The molecule has 2 heteroatoms. The van der Waals surface area contributed by atoms with Gasteiger partial charge in [0.05, 0.1) is 24.9 Å². The van der Waals surface area contributed by atoms with E-state index in [4.69, 9.17) is 9.47 Å². The van der Waals surface area contributed by atoms with Crippen LogP contribution >= 0.6 is 0 Å². The zero-order valence-electron chi connectivity index (χ0n) is 11.6. The van der Waals surface area contributed by atoms with Crippen molar-refractivity contribution in [3.8, 4) is 0 Å². The summed E-state index contributed by atoms with van der Waals surface area (Å²) in [6.45, 7) is 13.1. The third kappa shape index (κ3) is 4.42. The molecule has 0 bridgehead atoms.